The van der Waals surface area contributed by atoms with Crippen molar-refractivity contribution in [2.45, 2.75) is 38.6 Å². The molecule has 4 unspecified atom stereocenters. The van der Waals surface area contributed by atoms with Crippen LogP contribution in [-0.2, 0) is 4.79 Å². The van der Waals surface area contributed by atoms with E-state index in [0.717, 1.165) is 22.9 Å². The Kier molecular flexibility index (Phi) is 4.05. The van der Waals surface area contributed by atoms with Gasteiger partial charge in [0.15, 0.2) is 0 Å². The lowest BCUT2D eigenvalue weighted by Crippen LogP contribution is -2.39. The van der Waals surface area contributed by atoms with Crippen LogP contribution in [0.5, 0.6) is 0 Å². The molecule has 4 heteroatoms. The van der Waals surface area contributed by atoms with Gasteiger partial charge in [-0.25, -0.2) is 4.98 Å². The van der Waals surface area contributed by atoms with Crippen LogP contribution in [-0.4, -0.2) is 21.9 Å². The number of aromatic nitrogens is 2. The van der Waals surface area contributed by atoms with Crippen LogP contribution < -0.4 is 5.32 Å². The summed E-state index contributed by atoms with van der Waals surface area (Å²) in [6.07, 6.45) is 10.4. The molecule has 1 aromatic heterocycles. The molecule has 1 heterocycles. The Balaban J connectivity index is 1.38. The van der Waals surface area contributed by atoms with Crippen molar-refractivity contribution in [1.82, 2.24) is 15.3 Å². The Morgan fingerprint density at radius 3 is 2.83 bits per heavy atom. The minimum Gasteiger partial charge on any atom is -0.350 e. The van der Waals surface area contributed by atoms with Crippen LogP contribution in [0.25, 0.3) is 17.1 Å². The maximum Gasteiger partial charge on any atom is 0.244 e. The van der Waals surface area contributed by atoms with Crippen LogP contribution in [0.2, 0.25) is 0 Å². The van der Waals surface area contributed by atoms with Crippen molar-refractivity contribution < 1.29 is 4.79 Å². The minimum atomic E-state index is -0.0415. The Hall–Kier alpha value is -2.23. The highest BCUT2D eigenvalue weighted by Crippen LogP contribution is 2.49. The van der Waals surface area contributed by atoms with E-state index >= 15 is 0 Å². The van der Waals surface area contributed by atoms with Gasteiger partial charge in [0.2, 0.25) is 5.91 Å². The quantitative estimate of drug-likeness (QED) is 0.876. The molecule has 0 spiro atoms. The van der Waals surface area contributed by atoms with E-state index in [4.69, 9.17) is 0 Å². The van der Waals surface area contributed by atoms with Gasteiger partial charge < -0.3 is 5.32 Å². The Bertz CT molecular complexity index is 785. The number of fused-ring (bicyclic) bond motifs is 3. The number of carbonyl (C=O) groups excluding carboxylic acids is 1. The highest BCUT2D eigenvalue weighted by molar-refractivity contribution is 5.91. The van der Waals surface area contributed by atoms with Crippen molar-refractivity contribution in [3.05, 3.63) is 42.2 Å². The van der Waals surface area contributed by atoms with Crippen LogP contribution in [0.1, 0.15) is 38.3 Å². The SMILES string of the molecule is CC(NC(=O)/C=C/c1cnc2ccccc2n1)C1CC2CCC1C2. The van der Waals surface area contributed by atoms with E-state index in [1.165, 1.54) is 25.7 Å². The first kappa shape index (κ1) is 15.3. The lowest BCUT2D eigenvalue weighted by atomic mass is 9.84. The van der Waals surface area contributed by atoms with Crippen LogP contribution >= 0.6 is 0 Å². The molecule has 4 rings (SSSR count). The van der Waals surface area contributed by atoms with Gasteiger partial charge >= 0.3 is 0 Å². The Labute approximate surface area is 142 Å². The number of nitrogens with one attached hydrogen (secondary N) is 1. The molecule has 0 saturated heterocycles. The second-order valence-electron chi connectivity index (χ2n) is 7.25. The molecule has 2 aliphatic rings. The van der Waals surface area contributed by atoms with E-state index in [1.807, 2.05) is 24.3 Å². The molecule has 24 heavy (non-hydrogen) atoms. The van der Waals surface area contributed by atoms with E-state index < -0.39 is 0 Å². The summed E-state index contributed by atoms with van der Waals surface area (Å²) in [5.74, 6) is 2.34. The van der Waals surface area contributed by atoms with Gasteiger partial charge in [-0.15, -0.1) is 0 Å². The topological polar surface area (TPSA) is 54.9 Å². The summed E-state index contributed by atoms with van der Waals surface area (Å²) in [5, 5.41) is 3.14. The van der Waals surface area contributed by atoms with Crippen molar-refractivity contribution in [3.8, 4) is 0 Å². The third kappa shape index (κ3) is 3.05. The molecule has 0 aliphatic heterocycles. The van der Waals surface area contributed by atoms with E-state index in [2.05, 4.69) is 22.2 Å². The molecule has 0 radical (unpaired) electrons. The number of hydrogen-bond donors (Lipinski definition) is 1. The van der Waals surface area contributed by atoms with E-state index in [1.54, 1.807) is 18.3 Å². The standard InChI is InChI=1S/C20H23N3O/c1-13(17-11-14-6-7-15(17)10-14)22-20(24)9-8-16-12-21-18-4-2-3-5-19(18)23-16/h2-5,8-9,12-15,17H,6-7,10-11H2,1H3,(H,22,24)/b9-8+. The highest BCUT2D eigenvalue weighted by atomic mass is 16.1. The number of benzene rings is 1. The number of amides is 1. The normalized spacial score (nSPS) is 27.0. The first-order chi connectivity index (χ1) is 11.7. The summed E-state index contributed by atoms with van der Waals surface area (Å²) >= 11 is 0. The van der Waals surface area contributed by atoms with Gasteiger partial charge in [0.25, 0.3) is 0 Å². The van der Waals surface area contributed by atoms with Gasteiger partial charge in [0.05, 0.1) is 22.9 Å². The van der Waals surface area contributed by atoms with Crippen molar-refractivity contribution in [3.63, 3.8) is 0 Å². The van der Waals surface area contributed by atoms with Crippen molar-refractivity contribution in [1.29, 1.82) is 0 Å². The molecule has 1 amide bonds. The number of para-hydroxylation sites is 2. The van der Waals surface area contributed by atoms with E-state index in [0.29, 0.717) is 11.6 Å². The molecular weight excluding hydrogens is 298 g/mol. The lowest BCUT2D eigenvalue weighted by Gasteiger charge is -2.28. The molecular formula is C20H23N3O. The molecule has 124 valence electrons. The highest BCUT2D eigenvalue weighted by Gasteiger charge is 2.41. The Morgan fingerprint density at radius 1 is 1.25 bits per heavy atom. The van der Waals surface area contributed by atoms with Gasteiger partial charge in [0.1, 0.15) is 0 Å². The summed E-state index contributed by atoms with van der Waals surface area (Å²) in [4.78, 5) is 21.1. The predicted molar refractivity (Wildman–Crippen MR) is 95.1 cm³/mol. The number of nitrogens with zero attached hydrogens (tertiary/aromatic N) is 2. The molecule has 2 fully saturated rings. The second kappa shape index (κ2) is 6.34. The summed E-state index contributed by atoms with van der Waals surface area (Å²) in [6.45, 7) is 2.15. The Morgan fingerprint density at radius 2 is 2.08 bits per heavy atom. The summed E-state index contributed by atoms with van der Waals surface area (Å²) in [5.41, 5.74) is 2.41. The zero-order valence-electron chi connectivity index (χ0n) is 14.0. The van der Waals surface area contributed by atoms with Crippen LogP contribution in [0, 0.1) is 17.8 Å². The van der Waals surface area contributed by atoms with Crippen molar-refractivity contribution in [2.24, 2.45) is 17.8 Å². The van der Waals surface area contributed by atoms with Gasteiger partial charge in [-0.3, -0.25) is 9.78 Å². The molecule has 4 atom stereocenters. The summed E-state index contributed by atoms with van der Waals surface area (Å²) < 4.78 is 0. The van der Waals surface area contributed by atoms with Crippen LogP contribution in [0.4, 0.5) is 0 Å². The molecule has 2 bridgehead atoms. The fourth-order valence-corrected chi connectivity index (χ4v) is 4.50. The van der Waals surface area contributed by atoms with Crippen LogP contribution in [0.15, 0.2) is 36.5 Å². The van der Waals surface area contributed by atoms with E-state index in [-0.39, 0.29) is 11.9 Å². The average Bonchev–Trinajstić information content (AvgIpc) is 3.23. The molecule has 4 nitrogen and oxygen atoms in total. The number of rotatable bonds is 4. The van der Waals surface area contributed by atoms with Gasteiger partial charge in [-0.2, -0.15) is 0 Å². The fraction of sp³-hybridized carbons (Fsp3) is 0.450. The smallest absolute Gasteiger partial charge is 0.244 e. The molecule has 2 aromatic rings. The maximum absolute atomic E-state index is 12.2. The fourth-order valence-electron chi connectivity index (χ4n) is 4.50. The van der Waals surface area contributed by atoms with Gasteiger partial charge in [-0.05, 0) is 62.1 Å². The van der Waals surface area contributed by atoms with Crippen molar-refractivity contribution in [2.75, 3.05) is 0 Å². The zero-order chi connectivity index (χ0) is 16.5. The second-order valence-corrected chi connectivity index (χ2v) is 7.25. The molecule has 2 saturated carbocycles. The van der Waals surface area contributed by atoms with Crippen molar-refractivity contribution >= 4 is 23.0 Å². The first-order valence-corrected chi connectivity index (χ1v) is 8.89. The average molecular weight is 321 g/mol. The molecule has 1 aromatic carbocycles. The van der Waals surface area contributed by atoms with Gasteiger partial charge in [0, 0.05) is 12.1 Å². The first-order valence-electron chi connectivity index (χ1n) is 8.89. The van der Waals surface area contributed by atoms with E-state index in [9.17, 15) is 4.79 Å². The largest absolute Gasteiger partial charge is 0.350 e. The lowest BCUT2D eigenvalue weighted by molar-refractivity contribution is -0.117. The monoisotopic (exact) mass is 321 g/mol. The summed E-state index contributed by atoms with van der Waals surface area (Å²) in [6, 6.07) is 7.99. The van der Waals surface area contributed by atoms with Crippen LogP contribution in [0.3, 0.4) is 0 Å². The molecule has 1 N–H and O–H groups in total. The third-order valence-corrected chi connectivity index (χ3v) is 5.68. The molecule has 2 aliphatic carbocycles. The number of hydrogen-bond acceptors (Lipinski definition) is 3. The zero-order valence-corrected chi connectivity index (χ0v) is 14.0. The van der Waals surface area contributed by atoms with Gasteiger partial charge in [-0.1, -0.05) is 18.6 Å². The minimum absolute atomic E-state index is 0.0415. The predicted octanol–water partition coefficient (Wildman–Crippen LogP) is 3.58. The maximum atomic E-state index is 12.2. The third-order valence-electron chi connectivity index (χ3n) is 5.68. The number of carbonyl (C=O) groups is 1. The summed E-state index contributed by atoms with van der Waals surface area (Å²) in [7, 11) is 0.